The molecule has 240 valence electrons. The second-order valence-corrected chi connectivity index (χ2v) is 10.5. The third kappa shape index (κ3) is 6.16. The minimum Gasteiger partial charge on any atom is -0.481 e. The molecule has 24 heteroatoms. The van der Waals surface area contributed by atoms with E-state index in [1.54, 1.807) is 0 Å². The van der Waals surface area contributed by atoms with Gasteiger partial charge in [-0.3, -0.25) is 4.79 Å². The number of rotatable bonds is 15. The van der Waals surface area contributed by atoms with E-state index < -0.39 is 82.3 Å². The van der Waals surface area contributed by atoms with Gasteiger partial charge in [-0.2, -0.15) is 74.6 Å². The molecule has 0 heterocycles. The average molecular weight is 657 g/mol. The van der Waals surface area contributed by atoms with Gasteiger partial charge in [0.2, 0.25) is 0 Å². The Bertz CT molecular complexity index is 1020. The van der Waals surface area contributed by atoms with Crippen LogP contribution in [0, 0.1) is 0 Å². The summed E-state index contributed by atoms with van der Waals surface area (Å²) < 4.78 is 249. The van der Waals surface area contributed by atoms with Gasteiger partial charge in [-0.05, 0) is 0 Å². The molecule has 6 nitrogen and oxygen atoms in total. The predicted molar refractivity (Wildman–Crippen MR) is 96.3 cm³/mol. The first-order chi connectivity index (χ1) is 17.1. The third-order valence-electron chi connectivity index (χ3n) is 5.19. The zero-order valence-corrected chi connectivity index (χ0v) is 20.3. The number of carbonyl (C=O) groups is 1. The number of carboxylic acid groups (broad SMARTS) is 1. The van der Waals surface area contributed by atoms with Gasteiger partial charge in [-0.25, -0.2) is 13.1 Å². The second kappa shape index (κ2) is 10.8. The molecule has 40 heavy (non-hydrogen) atoms. The lowest BCUT2D eigenvalue weighted by atomic mass is 9.91. The van der Waals surface area contributed by atoms with Crippen molar-refractivity contribution in [3.05, 3.63) is 0 Å². The van der Waals surface area contributed by atoms with Gasteiger partial charge in [-0.15, -0.1) is 0 Å². The molecule has 0 aliphatic carbocycles. The SMILES string of the molecule is C[N+](C)(CCCNS(=O)(=O)C(F)(F)C(F)(F)C(F)(F)C(F)(F)C(F)(F)C(F)(F)C(F)(F)C(F)(F)F)CCC(=O)O. The van der Waals surface area contributed by atoms with E-state index in [1.807, 2.05) is 0 Å². The number of aliphatic carboxylic acids is 1. The highest BCUT2D eigenvalue weighted by atomic mass is 32.2. The van der Waals surface area contributed by atoms with Crippen molar-refractivity contribution in [2.45, 2.75) is 59.8 Å². The Morgan fingerprint density at radius 3 is 1.35 bits per heavy atom. The molecule has 0 saturated heterocycles. The van der Waals surface area contributed by atoms with Crippen molar-refractivity contribution < 1.29 is 97.4 Å². The van der Waals surface area contributed by atoms with Crippen molar-refractivity contribution in [3.8, 4) is 0 Å². The van der Waals surface area contributed by atoms with Crippen LogP contribution < -0.4 is 4.72 Å². The topological polar surface area (TPSA) is 83.5 Å². The summed E-state index contributed by atoms with van der Waals surface area (Å²) in [6.07, 6.45) is -9.08. The fourth-order valence-electron chi connectivity index (χ4n) is 2.63. The summed E-state index contributed by atoms with van der Waals surface area (Å²) in [4.78, 5) is 10.5. The number of hydrogen-bond donors (Lipinski definition) is 2. The first-order valence-corrected chi connectivity index (χ1v) is 11.3. The van der Waals surface area contributed by atoms with Gasteiger partial charge in [0.15, 0.2) is 0 Å². The summed E-state index contributed by atoms with van der Waals surface area (Å²) in [6, 6.07) is 0. The molecule has 0 saturated carbocycles. The summed E-state index contributed by atoms with van der Waals surface area (Å²) >= 11 is 0. The molecule has 0 atom stereocenters. The molecule has 0 aromatic rings. The lowest BCUT2D eigenvalue weighted by molar-refractivity contribution is -0.889. The minimum atomic E-state index is -8.88. The highest BCUT2D eigenvalue weighted by molar-refractivity contribution is 7.90. The van der Waals surface area contributed by atoms with Gasteiger partial charge in [0.25, 0.3) is 10.0 Å². The van der Waals surface area contributed by atoms with Crippen LogP contribution in [0.15, 0.2) is 0 Å². The summed E-state index contributed by atoms with van der Waals surface area (Å²) in [5.74, 6) is -53.2. The van der Waals surface area contributed by atoms with Crippen LogP contribution in [-0.2, 0) is 14.8 Å². The highest BCUT2D eigenvalue weighted by Gasteiger charge is 2.96. The fourth-order valence-corrected chi connectivity index (χ4v) is 3.69. The molecule has 2 N–H and O–H groups in total. The number of sulfonamides is 1. The first-order valence-electron chi connectivity index (χ1n) is 9.87. The molecule has 0 radical (unpaired) electrons. The number of alkyl halides is 17. The van der Waals surface area contributed by atoms with E-state index in [2.05, 4.69) is 0 Å². The standard InChI is InChI=1S/C16H17F17N2O4S/c1-35(2,7-4-8(36)37)6-3-5-34-40(38,39)16(32,33)14(27,28)12(23,24)10(19,20)9(17,18)11(21,22)13(25,26)15(29,30)31/h34H,3-7H2,1-2H3/p+1. The Balaban J connectivity index is 6.28. The molecular formula is C16H18F17N2O4S+. The van der Waals surface area contributed by atoms with Crippen molar-refractivity contribution in [3.63, 3.8) is 0 Å². The van der Waals surface area contributed by atoms with Crippen molar-refractivity contribution in [2.24, 2.45) is 0 Å². The lowest BCUT2D eigenvalue weighted by Gasteiger charge is -2.42. The molecule has 0 spiro atoms. The first kappa shape index (κ1) is 38.1. The maximum Gasteiger partial charge on any atom is 0.460 e. The van der Waals surface area contributed by atoms with E-state index in [-0.39, 0.29) is 17.6 Å². The van der Waals surface area contributed by atoms with E-state index in [0.717, 1.165) is 0 Å². The molecule has 0 aliphatic rings. The molecular weight excluding hydrogens is 639 g/mol. The van der Waals surface area contributed by atoms with Crippen LogP contribution in [0.1, 0.15) is 12.8 Å². The van der Waals surface area contributed by atoms with Crippen molar-refractivity contribution in [1.82, 2.24) is 4.72 Å². The Kier molecular flexibility index (Phi) is 10.3. The number of halogens is 17. The zero-order chi connectivity index (χ0) is 32.8. The van der Waals surface area contributed by atoms with Gasteiger partial charge >= 0.3 is 52.9 Å². The Hall–Kier alpha value is -1.85. The highest BCUT2D eigenvalue weighted by Crippen LogP contribution is 2.64. The summed E-state index contributed by atoms with van der Waals surface area (Å²) in [7, 11) is -4.79. The van der Waals surface area contributed by atoms with Crippen LogP contribution in [-0.4, -0.2) is 105 Å². The molecule has 0 aromatic carbocycles. The van der Waals surface area contributed by atoms with Crippen molar-refractivity contribution in [1.29, 1.82) is 0 Å². The van der Waals surface area contributed by atoms with E-state index in [1.165, 1.54) is 14.1 Å². The second-order valence-electron chi connectivity index (χ2n) is 8.74. The van der Waals surface area contributed by atoms with E-state index in [4.69, 9.17) is 5.11 Å². The summed E-state index contributed by atoms with van der Waals surface area (Å²) in [6.45, 7) is -1.94. The molecule has 0 aliphatic heterocycles. The smallest absolute Gasteiger partial charge is 0.460 e. The van der Waals surface area contributed by atoms with Crippen molar-refractivity contribution >= 4 is 16.0 Å². The molecule has 0 bridgehead atoms. The zero-order valence-electron chi connectivity index (χ0n) is 19.5. The van der Waals surface area contributed by atoms with Crippen LogP contribution in [0.3, 0.4) is 0 Å². The van der Waals surface area contributed by atoms with E-state index >= 15 is 0 Å². The fraction of sp³-hybridized carbons (Fsp3) is 0.938. The Labute approximate surface area is 212 Å². The van der Waals surface area contributed by atoms with Gasteiger partial charge in [0, 0.05) is 13.0 Å². The van der Waals surface area contributed by atoms with Gasteiger partial charge < -0.3 is 9.59 Å². The number of nitrogens with one attached hydrogen (secondary N) is 1. The van der Waals surface area contributed by atoms with Crippen LogP contribution in [0.5, 0.6) is 0 Å². The number of hydrogen-bond acceptors (Lipinski definition) is 3. The number of carboxylic acids is 1. The van der Waals surface area contributed by atoms with Crippen LogP contribution >= 0.6 is 0 Å². The van der Waals surface area contributed by atoms with Crippen LogP contribution in [0.2, 0.25) is 0 Å². The molecule has 0 fully saturated rings. The quantitative estimate of drug-likeness (QED) is 0.151. The average Bonchev–Trinajstić information content (AvgIpc) is 2.73. The predicted octanol–water partition coefficient (Wildman–Crippen LogP) is 4.81. The van der Waals surface area contributed by atoms with Crippen LogP contribution in [0.25, 0.3) is 0 Å². The molecule has 0 rings (SSSR count). The molecule has 0 amide bonds. The maximum atomic E-state index is 13.9. The number of quaternary nitrogens is 1. The minimum absolute atomic E-state index is 0.191. The molecule has 0 unspecified atom stereocenters. The Morgan fingerprint density at radius 1 is 0.650 bits per heavy atom. The largest absolute Gasteiger partial charge is 0.481 e. The summed E-state index contributed by atoms with van der Waals surface area (Å²) in [5.41, 5.74) is 0. The van der Waals surface area contributed by atoms with Gasteiger partial charge in [0.05, 0.1) is 33.6 Å². The lowest BCUT2D eigenvalue weighted by Crippen LogP contribution is -2.75. The number of nitrogens with zero attached hydrogens (tertiary/aromatic N) is 1. The van der Waals surface area contributed by atoms with Crippen molar-refractivity contribution in [2.75, 3.05) is 33.7 Å². The van der Waals surface area contributed by atoms with Gasteiger partial charge in [0.1, 0.15) is 0 Å². The summed E-state index contributed by atoms with van der Waals surface area (Å²) in [5, 5.41) is 0.955. The maximum absolute atomic E-state index is 13.9. The van der Waals surface area contributed by atoms with E-state index in [9.17, 15) is 87.8 Å². The normalized spacial score (nSPS) is 15.9. The molecule has 0 aromatic heterocycles. The van der Waals surface area contributed by atoms with Crippen LogP contribution in [0.4, 0.5) is 74.6 Å². The monoisotopic (exact) mass is 657 g/mol. The third-order valence-corrected chi connectivity index (χ3v) is 6.71. The Morgan fingerprint density at radius 2 is 1.00 bits per heavy atom. The van der Waals surface area contributed by atoms with Gasteiger partial charge in [-0.1, -0.05) is 0 Å². The van der Waals surface area contributed by atoms with E-state index in [0.29, 0.717) is 4.72 Å².